The van der Waals surface area contributed by atoms with Gasteiger partial charge in [0.25, 0.3) is 0 Å². The van der Waals surface area contributed by atoms with Crippen molar-refractivity contribution in [3.05, 3.63) is 100 Å². The van der Waals surface area contributed by atoms with Crippen LogP contribution in [0.15, 0.2) is 72.8 Å². The van der Waals surface area contributed by atoms with E-state index in [-0.39, 0.29) is 19.1 Å². The lowest BCUT2D eigenvalue weighted by atomic mass is 9.90. The van der Waals surface area contributed by atoms with Gasteiger partial charge in [-0.05, 0) is 66.6 Å². The van der Waals surface area contributed by atoms with Crippen LogP contribution in [0, 0.1) is 0 Å². The molecule has 4 unspecified atom stereocenters. The van der Waals surface area contributed by atoms with Gasteiger partial charge in [0, 0.05) is 11.4 Å². The van der Waals surface area contributed by atoms with Crippen molar-refractivity contribution in [2.24, 2.45) is 0 Å². The van der Waals surface area contributed by atoms with Gasteiger partial charge in [-0.15, -0.1) is 0 Å². The number of rotatable bonds is 11. The molecule has 0 spiro atoms. The smallest absolute Gasteiger partial charge is 0.195 e. The molecule has 0 amide bonds. The summed E-state index contributed by atoms with van der Waals surface area (Å²) in [6.45, 7) is 2.58. The van der Waals surface area contributed by atoms with Crippen LogP contribution in [0.5, 0.6) is 5.75 Å². The zero-order chi connectivity index (χ0) is 26.5. The first-order valence-corrected chi connectivity index (χ1v) is 13.7. The van der Waals surface area contributed by atoms with E-state index >= 15 is 0 Å². The third-order valence-corrected chi connectivity index (χ3v) is 7.39. The molecular weight excluding hydrogens is 504 g/mol. The van der Waals surface area contributed by atoms with Gasteiger partial charge >= 0.3 is 0 Å². The topological polar surface area (TPSA) is 77.4 Å². The summed E-state index contributed by atoms with van der Waals surface area (Å²) in [6.07, 6.45) is 0.449. The van der Waals surface area contributed by atoms with Gasteiger partial charge in [0.1, 0.15) is 18.0 Å². The predicted octanol–water partition coefficient (Wildman–Crippen LogP) is 5.60. The second-order valence-electron chi connectivity index (χ2n) is 10.1. The Balaban J connectivity index is 1.39. The highest BCUT2D eigenvalue weighted by molar-refractivity contribution is 6.31. The Morgan fingerprint density at radius 3 is 2.45 bits per heavy atom. The highest BCUT2D eigenvalue weighted by Crippen LogP contribution is 2.43. The maximum absolute atomic E-state index is 11.4. The maximum atomic E-state index is 11.4. The second-order valence-corrected chi connectivity index (χ2v) is 10.5. The van der Waals surface area contributed by atoms with Crippen LogP contribution in [0.1, 0.15) is 54.5 Å². The van der Waals surface area contributed by atoms with E-state index in [1.165, 1.54) is 0 Å². The lowest BCUT2D eigenvalue weighted by Gasteiger charge is -2.46. The van der Waals surface area contributed by atoms with Gasteiger partial charge < -0.3 is 29.2 Å². The molecule has 1 saturated heterocycles. The fourth-order valence-corrected chi connectivity index (χ4v) is 5.06. The standard InChI is InChI=1S/C31H35ClO6/c1-2-35-25-11-8-21(9-12-25)16-24-17-23(10-15-27(24)32)30-29(34)28(36-19-22-6-4-3-5-7-22)18-31(20-33,38-30)37-26-13-14-26/h3-12,15,17,26,28-30,33-34H,2,13-14,16,18-20H2,1H3. The molecule has 1 heterocycles. The summed E-state index contributed by atoms with van der Waals surface area (Å²) in [6, 6.07) is 23.4. The van der Waals surface area contributed by atoms with Crippen LogP contribution >= 0.6 is 11.6 Å². The van der Waals surface area contributed by atoms with Crippen molar-refractivity contribution >= 4 is 11.6 Å². The summed E-state index contributed by atoms with van der Waals surface area (Å²) in [5.41, 5.74) is 3.76. The molecule has 0 bridgehead atoms. The van der Waals surface area contributed by atoms with Crippen LogP contribution in [-0.4, -0.2) is 47.5 Å². The average Bonchev–Trinajstić information content (AvgIpc) is 3.76. The molecule has 0 aromatic heterocycles. The summed E-state index contributed by atoms with van der Waals surface area (Å²) < 4.78 is 24.3. The van der Waals surface area contributed by atoms with Crippen molar-refractivity contribution in [1.82, 2.24) is 0 Å². The number of aliphatic hydroxyl groups is 2. The third-order valence-electron chi connectivity index (χ3n) is 7.03. The fourth-order valence-electron chi connectivity index (χ4n) is 4.87. The molecule has 1 aliphatic heterocycles. The first-order valence-electron chi connectivity index (χ1n) is 13.3. The summed E-state index contributed by atoms with van der Waals surface area (Å²) in [4.78, 5) is 0. The van der Waals surface area contributed by atoms with Crippen molar-refractivity contribution in [2.45, 2.75) is 69.4 Å². The summed E-state index contributed by atoms with van der Waals surface area (Å²) >= 11 is 6.59. The van der Waals surface area contributed by atoms with Gasteiger partial charge in [-0.3, -0.25) is 0 Å². The minimum absolute atomic E-state index is 0.0493. The molecule has 6 nitrogen and oxygen atoms in total. The third kappa shape index (κ3) is 6.57. The molecule has 5 rings (SSSR count). The SMILES string of the molecule is CCOc1ccc(Cc2cc(C3OC(CO)(OC4CC4)CC(OCc4ccccc4)C3O)ccc2Cl)cc1. The van der Waals surface area contributed by atoms with Crippen molar-refractivity contribution in [2.75, 3.05) is 13.2 Å². The molecule has 202 valence electrons. The Kier molecular flexibility index (Phi) is 8.68. The normalized spacial score (nSPS) is 25.3. The minimum atomic E-state index is -1.25. The van der Waals surface area contributed by atoms with Crippen molar-refractivity contribution in [3.8, 4) is 5.75 Å². The Hall–Kier alpha value is -2.45. The van der Waals surface area contributed by atoms with Crippen molar-refractivity contribution < 1.29 is 29.2 Å². The molecule has 7 heteroatoms. The summed E-state index contributed by atoms with van der Waals surface area (Å²) in [5, 5.41) is 22.5. The number of ether oxygens (including phenoxy) is 4. The van der Waals surface area contributed by atoms with E-state index in [1.54, 1.807) is 0 Å². The molecule has 2 N–H and O–H groups in total. The monoisotopic (exact) mass is 538 g/mol. The number of halogens is 1. The second kappa shape index (κ2) is 12.2. The zero-order valence-corrected chi connectivity index (χ0v) is 22.3. The molecule has 3 aromatic carbocycles. The zero-order valence-electron chi connectivity index (χ0n) is 21.6. The molecule has 1 aliphatic carbocycles. The van der Waals surface area contributed by atoms with Crippen LogP contribution in [0.3, 0.4) is 0 Å². The van der Waals surface area contributed by atoms with E-state index < -0.39 is 24.1 Å². The Morgan fingerprint density at radius 2 is 1.76 bits per heavy atom. The number of aliphatic hydroxyl groups excluding tert-OH is 2. The van der Waals surface area contributed by atoms with E-state index in [4.69, 9.17) is 30.5 Å². The minimum Gasteiger partial charge on any atom is -0.494 e. The quantitative estimate of drug-likeness (QED) is 0.331. The summed E-state index contributed by atoms with van der Waals surface area (Å²) in [7, 11) is 0. The van der Waals surface area contributed by atoms with Gasteiger partial charge in [0.2, 0.25) is 0 Å². The van der Waals surface area contributed by atoms with Crippen LogP contribution in [0.2, 0.25) is 5.02 Å². The van der Waals surface area contributed by atoms with Crippen LogP contribution in [0.4, 0.5) is 0 Å². The highest BCUT2D eigenvalue weighted by Gasteiger charge is 2.50. The van der Waals surface area contributed by atoms with Crippen molar-refractivity contribution in [3.63, 3.8) is 0 Å². The largest absolute Gasteiger partial charge is 0.494 e. The summed E-state index contributed by atoms with van der Waals surface area (Å²) in [5.74, 6) is -0.422. The maximum Gasteiger partial charge on any atom is 0.195 e. The predicted molar refractivity (Wildman–Crippen MR) is 145 cm³/mol. The molecule has 38 heavy (non-hydrogen) atoms. The first-order chi connectivity index (χ1) is 18.5. The number of benzene rings is 3. The first kappa shape index (κ1) is 27.1. The number of hydrogen-bond acceptors (Lipinski definition) is 6. The van der Waals surface area contributed by atoms with E-state index in [2.05, 4.69) is 0 Å². The van der Waals surface area contributed by atoms with E-state index in [1.807, 2.05) is 79.7 Å². The van der Waals surface area contributed by atoms with Crippen LogP contribution in [0.25, 0.3) is 0 Å². The van der Waals surface area contributed by atoms with Crippen LogP contribution < -0.4 is 4.74 Å². The van der Waals surface area contributed by atoms with Gasteiger partial charge in [0.05, 0.1) is 32.0 Å². The lowest BCUT2D eigenvalue weighted by molar-refractivity contribution is -0.340. The molecule has 3 aromatic rings. The molecule has 1 saturated carbocycles. The molecule has 4 atom stereocenters. The van der Waals surface area contributed by atoms with Crippen LogP contribution in [-0.2, 0) is 27.2 Å². The highest BCUT2D eigenvalue weighted by atomic mass is 35.5. The Labute approximate surface area is 229 Å². The molecule has 2 fully saturated rings. The fraction of sp³-hybridized carbons (Fsp3) is 0.419. The van der Waals surface area contributed by atoms with Gasteiger partial charge in [-0.2, -0.15) is 0 Å². The van der Waals surface area contributed by atoms with E-state index in [9.17, 15) is 10.2 Å². The number of hydrogen-bond donors (Lipinski definition) is 2. The van der Waals surface area contributed by atoms with Gasteiger partial charge in [-0.1, -0.05) is 66.2 Å². The van der Waals surface area contributed by atoms with Gasteiger partial charge in [0.15, 0.2) is 5.79 Å². The van der Waals surface area contributed by atoms with Gasteiger partial charge in [-0.25, -0.2) is 0 Å². The Bertz CT molecular complexity index is 1180. The van der Waals surface area contributed by atoms with Crippen molar-refractivity contribution in [1.29, 1.82) is 0 Å². The molecular formula is C31H35ClO6. The Morgan fingerprint density at radius 1 is 1.00 bits per heavy atom. The average molecular weight is 539 g/mol. The lowest BCUT2D eigenvalue weighted by Crippen LogP contribution is -2.55. The molecule has 0 radical (unpaired) electrons. The van der Waals surface area contributed by atoms with E-state index in [0.29, 0.717) is 24.7 Å². The molecule has 2 aliphatic rings. The van der Waals surface area contributed by atoms with E-state index in [0.717, 1.165) is 40.8 Å².